The third-order valence-electron chi connectivity index (χ3n) is 3.92. The Balaban J connectivity index is 2.08. The van der Waals surface area contributed by atoms with Crippen molar-refractivity contribution in [1.82, 2.24) is 4.90 Å². The van der Waals surface area contributed by atoms with E-state index in [-0.39, 0.29) is 5.78 Å². The van der Waals surface area contributed by atoms with Crippen LogP contribution in [0.25, 0.3) is 0 Å². The molecule has 3 heteroatoms. The molecule has 102 valence electrons. The summed E-state index contributed by atoms with van der Waals surface area (Å²) >= 11 is 0. The van der Waals surface area contributed by atoms with Gasteiger partial charge in [-0.2, -0.15) is 0 Å². The van der Waals surface area contributed by atoms with Crippen LogP contribution < -0.4 is 0 Å². The number of carbonyl (C=O) groups is 2. The average Bonchev–Trinajstić information content (AvgIpc) is 2.36. The number of benzene rings is 1. The Morgan fingerprint density at radius 3 is 2.26 bits per heavy atom. The monoisotopic (exact) mass is 259 g/mol. The van der Waals surface area contributed by atoms with Gasteiger partial charge in [-0.1, -0.05) is 6.07 Å². The maximum absolute atomic E-state index is 12.4. The summed E-state index contributed by atoms with van der Waals surface area (Å²) in [6.45, 7) is 7.94. The fourth-order valence-electron chi connectivity index (χ4n) is 2.51. The average molecular weight is 259 g/mol. The van der Waals surface area contributed by atoms with E-state index < -0.39 is 0 Å². The van der Waals surface area contributed by atoms with E-state index in [0.717, 1.165) is 16.7 Å². The van der Waals surface area contributed by atoms with E-state index in [0.29, 0.717) is 38.3 Å². The van der Waals surface area contributed by atoms with E-state index >= 15 is 0 Å². The van der Waals surface area contributed by atoms with E-state index in [1.54, 1.807) is 0 Å². The molecule has 0 spiro atoms. The van der Waals surface area contributed by atoms with E-state index in [1.807, 2.05) is 19.9 Å². The van der Waals surface area contributed by atoms with Gasteiger partial charge in [0.15, 0.2) is 5.78 Å². The second-order valence-corrected chi connectivity index (χ2v) is 5.49. The van der Waals surface area contributed by atoms with Gasteiger partial charge in [-0.15, -0.1) is 0 Å². The summed E-state index contributed by atoms with van der Waals surface area (Å²) in [4.78, 5) is 25.6. The van der Waals surface area contributed by atoms with Crippen LogP contribution in [0.15, 0.2) is 12.1 Å². The molecule has 0 unspecified atom stereocenters. The van der Waals surface area contributed by atoms with E-state index in [2.05, 4.69) is 17.9 Å². The fraction of sp³-hybridized carbons (Fsp3) is 0.500. The van der Waals surface area contributed by atoms with Crippen LogP contribution in [0, 0.1) is 20.8 Å². The number of hydrogen-bond donors (Lipinski definition) is 0. The molecule has 0 bridgehead atoms. The summed E-state index contributed by atoms with van der Waals surface area (Å²) in [5.74, 6) is 0.473. The zero-order chi connectivity index (χ0) is 14.0. The third kappa shape index (κ3) is 3.29. The van der Waals surface area contributed by atoms with E-state index in [9.17, 15) is 9.59 Å². The Morgan fingerprint density at radius 2 is 1.63 bits per heavy atom. The number of hydrogen-bond acceptors (Lipinski definition) is 3. The zero-order valence-corrected chi connectivity index (χ0v) is 12.0. The highest BCUT2D eigenvalue weighted by Gasteiger charge is 2.20. The van der Waals surface area contributed by atoms with Crippen molar-refractivity contribution in [3.05, 3.63) is 34.4 Å². The first kappa shape index (κ1) is 13.9. The summed E-state index contributed by atoms with van der Waals surface area (Å²) in [5.41, 5.74) is 4.24. The van der Waals surface area contributed by atoms with Gasteiger partial charge in [-0.25, -0.2) is 0 Å². The number of ketones is 2. The largest absolute Gasteiger partial charge is 0.300 e. The minimum Gasteiger partial charge on any atom is -0.300 e. The summed E-state index contributed by atoms with van der Waals surface area (Å²) in [5, 5.41) is 0. The molecule has 19 heavy (non-hydrogen) atoms. The van der Waals surface area contributed by atoms with Gasteiger partial charge in [0.05, 0.1) is 6.54 Å². The van der Waals surface area contributed by atoms with Crippen molar-refractivity contribution in [2.75, 3.05) is 19.6 Å². The molecule has 1 saturated heterocycles. The highest BCUT2D eigenvalue weighted by Crippen LogP contribution is 2.17. The van der Waals surface area contributed by atoms with Gasteiger partial charge < -0.3 is 0 Å². The predicted octanol–water partition coefficient (Wildman–Crippen LogP) is 2.46. The summed E-state index contributed by atoms with van der Waals surface area (Å²) < 4.78 is 0. The molecule has 1 heterocycles. The Labute approximate surface area is 114 Å². The molecule has 0 aromatic heterocycles. The summed E-state index contributed by atoms with van der Waals surface area (Å²) in [6.07, 6.45) is 1.17. The standard InChI is InChI=1S/C16H21NO2/c1-11-8-13(3)15(9-12(11)2)16(19)10-17-6-4-14(18)5-7-17/h8-9H,4-7,10H2,1-3H3. The molecule has 1 aliphatic rings. The highest BCUT2D eigenvalue weighted by atomic mass is 16.1. The molecular weight excluding hydrogens is 238 g/mol. The highest BCUT2D eigenvalue weighted by molar-refractivity contribution is 5.99. The molecule has 1 aromatic rings. The number of Topliss-reactive ketones (excluding diaryl/α,β-unsaturated/α-hetero) is 2. The second kappa shape index (κ2) is 5.66. The number of likely N-dealkylation sites (tertiary alicyclic amines) is 1. The molecule has 0 radical (unpaired) electrons. The van der Waals surface area contributed by atoms with Crippen LogP contribution in [0.5, 0.6) is 0 Å². The van der Waals surface area contributed by atoms with Crippen LogP contribution in [0.4, 0.5) is 0 Å². The number of rotatable bonds is 3. The maximum atomic E-state index is 12.4. The van der Waals surface area contributed by atoms with Crippen molar-refractivity contribution in [2.45, 2.75) is 33.6 Å². The van der Waals surface area contributed by atoms with Gasteiger partial charge in [-0.3, -0.25) is 14.5 Å². The SMILES string of the molecule is Cc1cc(C)c(C(=O)CN2CCC(=O)CC2)cc1C. The Bertz CT molecular complexity index is 510. The molecule has 2 rings (SSSR count). The van der Waals surface area contributed by atoms with Crippen LogP contribution in [0.3, 0.4) is 0 Å². The van der Waals surface area contributed by atoms with Crippen LogP contribution in [-0.4, -0.2) is 36.1 Å². The second-order valence-electron chi connectivity index (χ2n) is 5.49. The molecule has 0 N–H and O–H groups in total. The minimum atomic E-state index is 0.162. The molecular formula is C16H21NO2. The normalized spacial score (nSPS) is 16.7. The Morgan fingerprint density at radius 1 is 1.05 bits per heavy atom. The number of piperidine rings is 1. The van der Waals surface area contributed by atoms with E-state index in [1.165, 1.54) is 5.56 Å². The first-order valence-electron chi connectivity index (χ1n) is 6.82. The van der Waals surface area contributed by atoms with E-state index in [4.69, 9.17) is 0 Å². The van der Waals surface area contributed by atoms with Gasteiger partial charge in [0.2, 0.25) is 0 Å². The molecule has 0 amide bonds. The Hall–Kier alpha value is -1.48. The molecule has 1 aliphatic heterocycles. The predicted molar refractivity (Wildman–Crippen MR) is 75.7 cm³/mol. The molecule has 1 fully saturated rings. The van der Waals surface area contributed by atoms with Crippen LogP contribution in [0.2, 0.25) is 0 Å². The third-order valence-corrected chi connectivity index (χ3v) is 3.92. The minimum absolute atomic E-state index is 0.162. The van der Waals surface area contributed by atoms with Crippen LogP contribution >= 0.6 is 0 Å². The van der Waals surface area contributed by atoms with Crippen LogP contribution in [0.1, 0.15) is 39.9 Å². The van der Waals surface area contributed by atoms with Gasteiger partial charge in [-0.05, 0) is 43.5 Å². The lowest BCUT2D eigenvalue weighted by atomic mass is 9.97. The lowest BCUT2D eigenvalue weighted by Gasteiger charge is -2.25. The number of aryl methyl sites for hydroxylation is 3. The quantitative estimate of drug-likeness (QED) is 0.782. The smallest absolute Gasteiger partial charge is 0.177 e. The molecule has 0 saturated carbocycles. The lowest BCUT2D eigenvalue weighted by molar-refractivity contribution is -0.121. The number of carbonyl (C=O) groups excluding carboxylic acids is 2. The maximum Gasteiger partial charge on any atom is 0.177 e. The molecule has 1 aromatic carbocycles. The van der Waals surface area contributed by atoms with Crippen molar-refractivity contribution >= 4 is 11.6 Å². The summed E-state index contributed by atoms with van der Waals surface area (Å²) in [7, 11) is 0. The van der Waals surface area contributed by atoms with Crippen molar-refractivity contribution < 1.29 is 9.59 Å². The number of nitrogens with zero attached hydrogens (tertiary/aromatic N) is 1. The summed E-state index contributed by atoms with van der Waals surface area (Å²) in [6, 6.07) is 4.06. The first-order chi connectivity index (χ1) is 8.97. The topological polar surface area (TPSA) is 37.4 Å². The van der Waals surface area contributed by atoms with Crippen molar-refractivity contribution in [1.29, 1.82) is 0 Å². The van der Waals surface area contributed by atoms with Crippen molar-refractivity contribution in [3.8, 4) is 0 Å². The fourth-order valence-corrected chi connectivity index (χ4v) is 2.51. The van der Waals surface area contributed by atoms with Gasteiger partial charge in [0.1, 0.15) is 5.78 Å². The first-order valence-corrected chi connectivity index (χ1v) is 6.82. The van der Waals surface area contributed by atoms with Crippen molar-refractivity contribution in [3.63, 3.8) is 0 Å². The zero-order valence-electron chi connectivity index (χ0n) is 12.0. The van der Waals surface area contributed by atoms with Gasteiger partial charge >= 0.3 is 0 Å². The van der Waals surface area contributed by atoms with Crippen LogP contribution in [-0.2, 0) is 4.79 Å². The molecule has 0 atom stereocenters. The molecule has 0 aliphatic carbocycles. The van der Waals surface area contributed by atoms with Gasteiger partial charge in [0.25, 0.3) is 0 Å². The Kier molecular flexibility index (Phi) is 4.15. The lowest BCUT2D eigenvalue weighted by Crippen LogP contribution is -2.37. The molecule has 3 nitrogen and oxygen atoms in total. The van der Waals surface area contributed by atoms with Gasteiger partial charge in [0, 0.05) is 31.5 Å². The van der Waals surface area contributed by atoms with Crippen molar-refractivity contribution in [2.24, 2.45) is 0 Å².